The topological polar surface area (TPSA) is 93.8 Å². The number of benzene rings is 1. The molecule has 0 bridgehead atoms. The highest BCUT2D eigenvalue weighted by atomic mass is 79.9. The van der Waals surface area contributed by atoms with E-state index in [1.165, 1.54) is 14.2 Å². The minimum atomic E-state index is -0.884. The number of ether oxygens (including phenoxy) is 2. The van der Waals surface area contributed by atoms with Crippen LogP contribution in [0.3, 0.4) is 0 Å². The molecule has 1 unspecified atom stereocenters. The van der Waals surface area contributed by atoms with Crippen molar-refractivity contribution in [3.8, 4) is 11.5 Å². The number of hydrogen-bond donors (Lipinski definition) is 3. The summed E-state index contributed by atoms with van der Waals surface area (Å²) in [7, 11) is 3.05. The van der Waals surface area contributed by atoms with Crippen LogP contribution in [0.15, 0.2) is 18.2 Å². The van der Waals surface area contributed by atoms with Gasteiger partial charge in [0.05, 0.1) is 26.9 Å². The zero-order valence-corrected chi connectivity index (χ0v) is 12.6. The number of carbonyl (C=O) groups excluding carboxylic acids is 1. The van der Waals surface area contributed by atoms with Gasteiger partial charge in [0.1, 0.15) is 11.5 Å². The molecule has 1 aromatic carbocycles. The largest absolute Gasteiger partial charge is 0.497 e. The fourth-order valence-electron chi connectivity index (χ4n) is 1.49. The number of aliphatic hydroxyl groups excluding tert-OH is 1. The monoisotopic (exact) mass is 334 g/mol. The van der Waals surface area contributed by atoms with Crippen molar-refractivity contribution in [2.24, 2.45) is 5.73 Å². The highest BCUT2D eigenvalue weighted by molar-refractivity contribution is 8.93. The third-order valence-electron chi connectivity index (χ3n) is 2.47. The zero-order valence-electron chi connectivity index (χ0n) is 10.9. The summed E-state index contributed by atoms with van der Waals surface area (Å²) in [6, 6.07) is 5.09. The molecule has 1 rings (SSSR count). The quantitative estimate of drug-likeness (QED) is 0.699. The number of methoxy groups -OCH3 is 2. The third kappa shape index (κ3) is 5.06. The Hall–Kier alpha value is -1.31. The molecule has 0 aliphatic carbocycles. The lowest BCUT2D eigenvalue weighted by atomic mass is 10.1. The Balaban J connectivity index is 0.00000324. The molecular formula is C12H19BrN2O4. The van der Waals surface area contributed by atoms with Gasteiger partial charge in [0, 0.05) is 12.1 Å². The summed E-state index contributed by atoms with van der Waals surface area (Å²) in [6.45, 7) is -0.0402. The highest BCUT2D eigenvalue weighted by Gasteiger charge is 2.15. The molecule has 7 heteroatoms. The Morgan fingerprint density at radius 1 is 1.42 bits per heavy atom. The summed E-state index contributed by atoms with van der Waals surface area (Å²) in [5.74, 6) is 0.816. The van der Waals surface area contributed by atoms with E-state index in [-0.39, 0.29) is 36.0 Å². The minimum Gasteiger partial charge on any atom is -0.497 e. The van der Waals surface area contributed by atoms with E-state index in [1.807, 2.05) is 0 Å². The summed E-state index contributed by atoms with van der Waals surface area (Å²) < 4.78 is 10.2. The minimum absolute atomic E-state index is 0. The molecule has 0 aliphatic rings. The molecule has 0 saturated carbocycles. The first kappa shape index (κ1) is 17.7. The van der Waals surface area contributed by atoms with Crippen LogP contribution in [0.4, 0.5) is 0 Å². The fourth-order valence-corrected chi connectivity index (χ4v) is 1.49. The van der Waals surface area contributed by atoms with Crippen molar-refractivity contribution in [3.05, 3.63) is 23.8 Å². The smallest absolute Gasteiger partial charge is 0.233 e. The molecule has 108 valence electrons. The summed E-state index contributed by atoms with van der Waals surface area (Å²) in [6.07, 6.45) is -0.884. The molecule has 0 fully saturated rings. The van der Waals surface area contributed by atoms with Gasteiger partial charge in [-0.3, -0.25) is 4.79 Å². The second-order valence-electron chi connectivity index (χ2n) is 3.63. The molecule has 0 heterocycles. The van der Waals surface area contributed by atoms with E-state index in [4.69, 9.17) is 15.2 Å². The van der Waals surface area contributed by atoms with E-state index in [9.17, 15) is 9.90 Å². The Morgan fingerprint density at radius 2 is 2.11 bits per heavy atom. The van der Waals surface area contributed by atoms with Crippen LogP contribution >= 0.6 is 17.0 Å². The van der Waals surface area contributed by atoms with Crippen LogP contribution in [0.2, 0.25) is 0 Å². The number of aliphatic hydroxyl groups is 1. The number of rotatable bonds is 6. The molecule has 1 aromatic rings. The lowest BCUT2D eigenvalue weighted by Gasteiger charge is -2.16. The fraction of sp³-hybridized carbons (Fsp3) is 0.417. The van der Waals surface area contributed by atoms with Crippen LogP contribution in [-0.2, 0) is 4.79 Å². The molecule has 1 atom stereocenters. The van der Waals surface area contributed by atoms with Crippen molar-refractivity contribution >= 4 is 22.9 Å². The van der Waals surface area contributed by atoms with Gasteiger partial charge in [-0.05, 0) is 18.2 Å². The zero-order chi connectivity index (χ0) is 13.5. The van der Waals surface area contributed by atoms with Gasteiger partial charge in [-0.1, -0.05) is 0 Å². The molecule has 0 saturated heterocycles. The van der Waals surface area contributed by atoms with E-state index >= 15 is 0 Å². The number of carbonyl (C=O) groups is 1. The standard InChI is InChI=1S/C12H18N2O4.BrH/c1-17-8-3-4-11(18-2)9(5-8)10(15)7-14-12(16)6-13;/h3-5,10,15H,6-7,13H2,1-2H3,(H,14,16);1H. The second kappa shape index (κ2) is 8.73. The summed E-state index contributed by atoms with van der Waals surface area (Å²) in [5, 5.41) is 12.5. The van der Waals surface area contributed by atoms with Crippen molar-refractivity contribution in [1.82, 2.24) is 5.32 Å². The van der Waals surface area contributed by atoms with E-state index in [2.05, 4.69) is 5.32 Å². The first-order valence-electron chi connectivity index (χ1n) is 5.49. The molecular weight excluding hydrogens is 316 g/mol. The average Bonchev–Trinajstić information content (AvgIpc) is 2.43. The lowest BCUT2D eigenvalue weighted by Crippen LogP contribution is -2.33. The van der Waals surface area contributed by atoms with Crippen molar-refractivity contribution in [2.45, 2.75) is 6.10 Å². The van der Waals surface area contributed by atoms with E-state index < -0.39 is 6.10 Å². The van der Waals surface area contributed by atoms with Gasteiger partial charge >= 0.3 is 0 Å². The number of amides is 1. The van der Waals surface area contributed by atoms with Gasteiger partial charge in [-0.25, -0.2) is 0 Å². The maximum Gasteiger partial charge on any atom is 0.233 e. The van der Waals surface area contributed by atoms with Gasteiger partial charge in [0.2, 0.25) is 5.91 Å². The van der Waals surface area contributed by atoms with Crippen LogP contribution in [0, 0.1) is 0 Å². The summed E-state index contributed by atoms with van der Waals surface area (Å²) in [5.41, 5.74) is 5.71. The van der Waals surface area contributed by atoms with Crippen molar-refractivity contribution in [2.75, 3.05) is 27.3 Å². The Kier molecular flexibility index (Phi) is 8.13. The average molecular weight is 335 g/mol. The molecule has 19 heavy (non-hydrogen) atoms. The number of hydrogen-bond acceptors (Lipinski definition) is 5. The van der Waals surface area contributed by atoms with Gasteiger partial charge in [0.15, 0.2) is 0 Å². The number of halogens is 1. The number of nitrogens with two attached hydrogens (primary N) is 1. The van der Waals surface area contributed by atoms with Crippen LogP contribution in [-0.4, -0.2) is 38.3 Å². The summed E-state index contributed by atoms with van der Waals surface area (Å²) >= 11 is 0. The van der Waals surface area contributed by atoms with Gasteiger partial charge < -0.3 is 25.6 Å². The maximum absolute atomic E-state index is 11.0. The second-order valence-corrected chi connectivity index (χ2v) is 3.63. The van der Waals surface area contributed by atoms with Crippen molar-refractivity contribution < 1.29 is 19.4 Å². The van der Waals surface area contributed by atoms with Gasteiger partial charge in [0.25, 0.3) is 0 Å². The normalized spacial score (nSPS) is 11.2. The van der Waals surface area contributed by atoms with Gasteiger partial charge in [-0.2, -0.15) is 0 Å². The van der Waals surface area contributed by atoms with Gasteiger partial charge in [-0.15, -0.1) is 17.0 Å². The van der Waals surface area contributed by atoms with Crippen LogP contribution < -0.4 is 20.5 Å². The first-order chi connectivity index (χ1) is 8.62. The molecule has 0 aromatic heterocycles. The summed E-state index contributed by atoms with van der Waals surface area (Å²) in [4.78, 5) is 11.0. The van der Waals surface area contributed by atoms with E-state index in [0.29, 0.717) is 17.1 Å². The van der Waals surface area contributed by atoms with Crippen LogP contribution in [0.25, 0.3) is 0 Å². The third-order valence-corrected chi connectivity index (χ3v) is 2.47. The molecule has 0 spiro atoms. The SMILES string of the molecule is Br.COc1ccc(OC)c(C(O)CNC(=O)CN)c1. The van der Waals surface area contributed by atoms with E-state index in [0.717, 1.165) is 0 Å². The molecule has 6 nitrogen and oxygen atoms in total. The maximum atomic E-state index is 11.0. The van der Waals surface area contributed by atoms with Crippen LogP contribution in [0.1, 0.15) is 11.7 Å². The Labute approximate surface area is 122 Å². The predicted molar refractivity (Wildman–Crippen MR) is 76.9 cm³/mol. The molecule has 0 radical (unpaired) electrons. The van der Waals surface area contributed by atoms with Crippen molar-refractivity contribution in [1.29, 1.82) is 0 Å². The molecule has 1 amide bonds. The highest BCUT2D eigenvalue weighted by Crippen LogP contribution is 2.28. The Morgan fingerprint density at radius 3 is 2.63 bits per heavy atom. The van der Waals surface area contributed by atoms with Crippen LogP contribution in [0.5, 0.6) is 11.5 Å². The van der Waals surface area contributed by atoms with E-state index in [1.54, 1.807) is 18.2 Å². The first-order valence-corrected chi connectivity index (χ1v) is 5.49. The lowest BCUT2D eigenvalue weighted by molar-refractivity contribution is -0.120. The Bertz CT molecular complexity index is 415. The predicted octanol–water partition coefficient (Wildman–Crippen LogP) is 0.390. The molecule has 0 aliphatic heterocycles. The number of nitrogens with one attached hydrogen (secondary N) is 1. The van der Waals surface area contributed by atoms with Crippen molar-refractivity contribution in [3.63, 3.8) is 0 Å². The molecule has 4 N–H and O–H groups in total.